The highest BCUT2D eigenvalue weighted by atomic mass is 32.1. The van der Waals surface area contributed by atoms with Crippen molar-refractivity contribution in [2.75, 3.05) is 0 Å². The number of Topliss-reactive ketones (excluding diaryl/α,β-unsaturated/α-hetero) is 1. The summed E-state index contributed by atoms with van der Waals surface area (Å²) in [6.45, 7) is 9.56. The molecule has 2 aromatic rings. The summed E-state index contributed by atoms with van der Waals surface area (Å²) in [6.07, 6.45) is 0.198. The van der Waals surface area contributed by atoms with Gasteiger partial charge in [0.25, 0.3) is 0 Å². The molecule has 4 N–H and O–H groups in total. The number of carbonyl (C=O) groups excluding carboxylic acids is 2. The molecule has 1 aliphatic carbocycles. The van der Waals surface area contributed by atoms with Crippen LogP contribution in [-0.4, -0.2) is 33.9 Å². The number of hydrogen-bond acceptors (Lipinski definition) is 6. The second-order valence-electron chi connectivity index (χ2n) is 9.77. The van der Waals surface area contributed by atoms with E-state index in [1.54, 1.807) is 11.3 Å². The van der Waals surface area contributed by atoms with Crippen LogP contribution in [-0.2, 0) is 9.59 Å². The zero-order valence-corrected chi connectivity index (χ0v) is 19.8. The summed E-state index contributed by atoms with van der Waals surface area (Å²) in [6, 6.07) is 6.96. The van der Waals surface area contributed by atoms with E-state index in [-0.39, 0.29) is 24.2 Å². The molecule has 1 heterocycles. The lowest BCUT2D eigenvalue weighted by atomic mass is 9.71. The molecule has 6 nitrogen and oxygen atoms in total. The SMILES string of the molecule is Cc1ncsc1-c1ccc([C@H](C)NC(=O)C2(C(=O)[C@@H](N)C(C)(C)C)CCC(O)C2)cc1. The van der Waals surface area contributed by atoms with Crippen molar-refractivity contribution in [3.8, 4) is 10.4 Å². The molecule has 0 radical (unpaired) electrons. The summed E-state index contributed by atoms with van der Waals surface area (Å²) in [5.74, 6) is -0.624. The molecule has 31 heavy (non-hydrogen) atoms. The largest absolute Gasteiger partial charge is 0.393 e. The average molecular weight is 444 g/mol. The van der Waals surface area contributed by atoms with Crippen molar-refractivity contribution in [3.05, 3.63) is 41.0 Å². The van der Waals surface area contributed by atoms with E-state index >= 15 is 0 Å². The second-order valence-corrected chi connectivity index (χ2v) is 10.6. The molecule has 3 rings (SSSR count). The molecule has 1 aromatic carbocycles. The molecule has 0 bridgehead atoms. The molecule has 1 aliphatic rings. The smallest absolute Gasteiger partial charge is 0.234 e. The van der Waals surface area contributed by atoms with E-state index in [0.717, 1.165) is 21.7 Å². The lowest BCUT2D eigenvalue weighted by Gasteiger charge is -2.35. The van der Waals surface area contributed by atoms with Gasteiger partial charge in [-0.05, 0) is 49.7 Å². The number of ketones is 1. The van der Waals surface area contributed by atoms with Crippen LogP contribution < -0.4 is 11.1 Å². The number of nitrogens with zero attached hydrogens (tertiary/aromatic N) is 1. The summed E-state index contributed by atoms with van der Waals surface area (Å²) in [5.41, 5.74) is 9.36. The number of benzene rings is 1. The van der Waals surface area contributed by atoms with Gasteiger partial charge in [0.05, 0.1) is 34.3 Å². The predicted octanol–water partition coefficient (Wildman–Crippen LogP) is 3.77. The van der Waals surface area contributed by atoms with E-state index in [0.29, 0.717) is 12.8 Å². The van der Waals surface area contributed by atoms with Crippen LogP contribution in [0, 0.1) is 17.8 Å². The molecule has 0 aliphatic heterocycles. The van der Waals surface area contributed by atoms with Crippen molar-refractivity contribution in [1.82, 2.24) is 10.3 Å². The van der Waals surface area contributed by atoms with Crippen LogP contribution in [0.4, 0.5) is 0 Å². The molecular weight excluding hydrogens is 410 g/mol. The normalized spacial score (nSPS) is 23.4. The highest BCUT2D eigenvalue weighted by molar-refractivity contribution is 7.13. The van der Waals surface area contributed by atoms with Crippen LogP contribution in [0.15, 0.2) is 29.8 Å². The maximum atomic E-state index is 13.4. The third kappa shape index (κ3) is 4.73. The minimum absolute atomic E-state index is 0.123. The van der Waals surface area contributed by atoms with Gasteiger partial charge in [0.15, 0.2) is 5.78 Å². The molecule has 4 atom stereocenters. The quantitative estimate of drug-likeness (QED) is 0.590. The number of nitrogens with two attached hydrogens (primary N) is 1. The first-order valence-electron chi connectivity index (χ1n) is 10.7. The van der Waals surface area contributed by atoms with Gasteiger partial charge in [-0.1, -0.05) is 45.0 Å². The predicted molar refractivity (Wildman–Crippen MR) is 124 cm³/mol. The number of carbonyl (C=O) groups is 2. The van der Waals surface area contributed by atoms with Gasteiger partial charge in [0.1, 0.15) is 5.41 Å². The number of thiazole rings is 1. The Morgan fingerprint density at radius 2 is 1.94 bits per heavy atom. The molecule has 1 aromatic heterocycles. The Morgan fingerprint density at radius 1 is 1.29 bits per heavy atom. The van der Waals surface area contributed by atoms with E-state index in [1.165, 1.54) is 0 Å². The number of aromatic nitrogens is 1. The molecule has 0 saturated heterocycles. The Labute approximate surface area is 188 Å². The number of amides is 1. The first-order valence-corrected chi connectivity index (χ1v) is 11.6. The zero-order valence-electron chi connectivity index (χ0n) is 18.9. The van der Waals surface area contributed by atoms with Gasteiger partial charge in [-0.2, -0.15) is 0 Å². The van der Waals surface area contributed by atoms with E-state index in [9.17, 15) is 14.7 Å². The number of aliphatic hydroxyl groups is 1. The molecule has 168 valence electrons. The van der Waals surface area contributed by atoms with E-state index < -0.39 is 23.0 Å². The van der Waals surface area contributed by atoms with Crippen molar-refractivity contribution >= 4 is 23.0 Å². The van der Waals surface area contributed by atoms with Crippen LogP contribution in [0.3, 0.4) is 0 Å². The van der Waals surface area contributed by atoms with E-state index in [1.807, 2.05) is 64.4 Å². The van der Waals surface area contributed by atoms with E-state index in [2.05, 4.69) is 10.3 Å². The first kappa shape index (κ1) is 23.6. The Balaban J connectivity index is 1.79. The van der Waals surface area contributed by atoms with Crippen LogP contribution >= 0.6 is 11.3 Å². The van der Waals surface area contributed by atoms with Crippen molar-refractivity contribution < 1.29 is 14.7 Å². The molecule has 7 heteroatoms. The standard InChI is InChI=1S/C24H33N3O3S/c1-14(16-6-8-17(9-7-16)19-15(2)26-13-31-19)27-22(30)24(11-10-18(28)12-24)21(29)20(25)23(3,4)5/h6-9,13-14,18,20,28H,10-12,25H2,1-5H3,(H,27,30)/t14-,18?,20+,24?/m0/s1. The summed E-state index contributed by atoms with van der Waals surface area (Å²) in [4.78, 5) is 32.1. The van der Waals surface area contributed by atoms with Crippen molar-refractivity contribution in [2.45, 2.75) is 72.1 Å². The Kier molecular flexibility index (Phi) is 6.69. The average Bonchev–Trinajstić information content (AvgIpc) is 3.32. The highest BCUT2D eigenvalue weighted by Gasteiger charge is 2.53. The zero-order chi connectivity index (χ0) is 23.0. The molecule has 1 amide bonds. The van der Waals surface area contributed by atoms with Gasteiger partial charge in [-0.3, -0.25) is 9.59 Å². The van der Waals surface area contributed by atoms with Gasteiger partial charge in [-0.25, -0.2) is 4.98 Å². The van der Waals surface area contributed by atoms with Gasteiger partial charge in [0, 0.05) is 0 Å². The monoisotopic (exact) mass is 443 g/mol. The van der Waals surface area contributed by atoms with E-state index in [4.69, 9.17) is 5.73 Å². The van der Waals surface area contributed by atoms with Crippen LogP contribution in [0.2, 0.25) is 0 Å². The maximum Gasteiger partial charge on any atom is 0.234 e. The third-order valence-electron chi connectivity index (χ3n) is 6.38. The number of rotatable bonds is 6. The van der Waals surface area contributed by atoms with Crippen LogP contribution in [0.25, 0.3) is 10.4 Å². The molecule has 1 saturated carbocycles. The Bertz CT molecular complexity index is 948. The Morgan fingerprint density at radius 3 is 2.42 bits per heavy atom. The fourth-order valence-corrected chi connectivity index (χ4v) is 4.98. The van der Waals surface area contributed by atoms with Crippen LogP contribution in [0.1, 0.15) is 64.3 Å². The summed E-state index contributed by atoms with van der Waals surface area (Å²) < 4.78 is 0. The van der Waals surface area contributed by atoms with Crippen molar-refractivity contribution in [2.24, 2.45) is 16.6 Å². The van der Waals surface area contributed by atoms with Crippen LogP contribution in [0.5, 0.6) is 0 Å². The fraction of sp³-hybridized carbons (Fsp3) is 0.542. The maximum absolute atomic E-state index is 13.4. The lowest BCUT2D eigenvalue weighted by molar-refractivity contribution is -0.145. The number of hydrogen-bond donors (Lipinski definition) is 3. The molecular formula is C24H33N3O3S. The third-order valence-corrected chi connectivity index (χ3v) is 7.35. The molecule has 0 spiro atoms. The minimum atomic E-state index is -1.28. The van der Waals surface area contributed by atoms with Crippen molar-refractivity contribution in [3.63, 3.8) is 0 Å². The van der Waals surface area contributed by atoms with Gasteiger partial charge in [0.2, 0.25) is 5.91 Å². The van der Waals surface area contributed by atoms with Crippen molar-refractivity contribution in [1.29, 1.82) is 0 Å². The Hall–Kier alpha value is -2.09. The van der Waals surface area contributed by atoms with Gasteiger partial charge < -0.3 is 16.2 Å². The molecule has 2 unspecified atom stereocenters. The number of nitrogens with one attached hydrogen (secondary N) is 1. The fourth-order valence-electron chi connectivity index (χ4n) is 4.17. The summed E-state index contributed by atoms with van der Waals surface area (Å²) >= 11 is 1.60. The van der Waals surface area contributed by atoms with Gasteiger partial charge >= 0.3 is 0 Å². The second kappa shape index (κ2) is 8.81. The number of aliphatic hydroxyl groups excluding tert-OH is 1. The van der Waals surface area contributed by atoms with Gasteiger partial charge in [-0.15, -0.1) is 11.3 Å². The lowest BCUT2D eigenvalue weighted by Crippen LogP contribution is -2.55. The summed E-state index contributed by atoms with van der Waals surface area (Å²) in [5, 5.41) is 13.2. The minimum Gasteiger partial charge on any atom is -0.393 e. The highest BCUT2D eigenvalue weighted by Crippen LogP contribution is 2.42. The topological polar surface area (TPSA) is 105 Å². The first-order chi connectivity index (χ1) is 14.5. The number of aryl methyl sites for hydroxylation is 1. The molecule has 1 fully saturated rings. The summed E-state index contributed by atoms with van der Waals surface area (Å²) in [7, 11) is 0.